The number of alkyl halides is 3. The Morgan fingerprint density at radius 3 is 2.62 bits per heavy atom. The molecule has 1 N–H and O–H groups in total. The molecular formula is C17H13F3N4O2. The molecule has 0 aliphatic rings. The van der Waals surface area contributed by atoms with Gasteiger partial charge in [-0.2, -0.15) is 18.3 Å². The van der Waals surface area contributed by atoms with E-state index in [2.05, 4.69) is 10.1 Å². The molecule has 9 heteroatoms. The first-order valence-corrected chi connectivity index (χ1v) is 7.57. The SMILES string of the molecule is O=C(Cn1ncc2ccccc2c1=O)NC(c1cccnc1)C(F)(F)F. The van der Waals surface area contributed by atoms with E-state index >= 15 is 0 Å². The van der Waals surface area contributed by atoms with Gasteiger partial charge in [0.2, 0.25) is 5.91 Å². The van der Waals surface area contributed by atoms with Crippen LogP contribution in [0.4, 0.5) is 13.2 Å². The molecule has 0 saturated carbocycles. The number of carbonyl (C=O) groups excluding carboxylic acids is 1. The van der Waals surface area contributed by atoms with Crippen molar-refractivity contribution in [2.24, 2.45) is 0 Å². The molecule has 0 bridgehead atoms. The van der Waals surface area contributed by atoms with Crippen LogP contribution >= 0.6 is 0 Å². The number of nitrogens with zero attached hydrogens (tertiary/aromatic N) is 3. The van der Waals surface area contributed by atoms with Crippen LogP contribution in [0.15, 0.2) is 59.8 Å². The lowest BCUT2D eigenvalue weighted by Crippen LogP contribution is -2.41. The Labute approximate surface area is 145 Å². The van der Waals surface area contributed by atoms with Gasteiger partial charge in [-0.05, 0) is 12.1 Å². The summed E-state index contributed by atoms with van der Waals surface area (Å²) in [5, 5.41) is 6.64. The third-order valence-corrected chi connectivity index (χ3v) is 3.71. The van der Waals surface area contributed by atoms with Gasteiger partial charge in [-0.25, -0.2) is 4.68 Å². The van der Waals surface area contributed by atoms with E-state index in [0.29, 0.717) is 10.8 Å². The van der Waals surface area contributed by atoms with Crippen molar-refractivity contribution in [1.82, 2.24) is 20.1 Å². The third-order valence-electron chi connectivity index (χ3n) is 3.71. The Balaban J connectivity index is 1.83. The van der Waals surface area contributed by atoms with Gasteiger partial charge in [0.25, 0.3) is 5.56 Å². The van der Waals surface area contributed by atoms with Gasteiger partial charge in [0.1, 0.15) is 6.54 Å². The minimum atomic E-state index is -4.71. The zero-order valence-electron chi connectivity index (χ0n) is 13.3. The van der Waals surface area contributed by atoms with Crippen LogP contribution in [0.1, 0.15) is 11.6 Å². The van der Waals surface area contributed by atoms with Crippen LogP contribution in [0.25, 0.3) is 10.8 Å². The lowest BCUT2D eigenvalue weighted by Gasteiger charge is -2.21. The van der Waals surface area contributed by atoms with Crippen molar-refractivity contribution in [2.45, 2.75) is 18.8 Å². The minimum Gasteiger partial charge on any atom is -0.339 e. The van der Waals surface area contributed by atoms with Gasteiger partial charge >= 0.3 is 6.18 Å². The van der Waals surface area contributed by atoms with Gasteiger partial charge < -0.3 is 5.32 Å². The molecule has 6 nitrogen and oxygen atoms in total. The zero-order valence-corrected chi connectivity index (χ0v) is 13.3. The number of hydrogen-bond donors (Lipinski definition) is 1. The van der Waals surface area contributed by atoms with Crippen molar-refractivity contribution < 1.29 is 18.0 Å². The predicted octanol–water partition coefficient (Wildman–Crippen LogP) is 2.21. The van der Waals surface area contributed by atoms with Crippen LogP contribution in [0.3, 0.4) is 0 Å². The van der Waals surface area contributed by atoms with Crippen molar-refractivity contribution >= 4 is 16.7 Å². The van der Waals surface area contributed by atoms with Gasteiger partial charge in [0.15, 0.2) is 6.04 Å². The van der Waals surface area contributed by atoms with Crippen LogP contribution in [-0.4, -0.2) is 26.8 Å². The van der Waals surface area contributed by atoms with E-state index < -0.39 is 30.2 Å². The van der Waals surface area contributed by atoms with Gasteiger partial charge in [-0.1, -0.05) is 24.3 Å². The normalized spacial score (nSPS) is 12.7. The highest BCUT2D eigenvalue weighted by molar-refractivity contribution is 5.81. The first kappa shape index (κ1) is 17.6. The summed E-state index contributed by atoms with van der Waals surface area (Å²) in [4.78, 5) is 28.0. The molecule has 134 valence electrons. The molecule has 1 amide bonds. The van der Waals surface area contributed by atoms with Crippen LogP contribution in [-0.2, 0) is 11.3 Å². The number of hydrogen-bond acceptors (Lipinski definition) is 4. The largest absolute Gasteiger partial charge is 0.412 e. The highest BCUT2D eigenvalue weighted by atomic mass is 19.4. The number of carbonyl (C=O) groups is 1. The molecule has 1 aromatic carbocycles. The summed E-state index contributed by atoms with van der Waals surface area (Å²) in [5.74, 6) is -0.985. The first-order chi connectivity index (χ1) is 12.4. The second kappa shape index (κ2) is 6.95. The van der Waals surface area contributed by atoms with Gasteiger partial charge in [0.05, 0.1) is 11.6 Å². The Kier molecular flexibility index (Phi) is 4.70. The molecule has 0 fully saturated rings. The van der Waals surface area contributed by atoms with E-state index in [0.717, 1.165) is 10.9 Å². The van der Waals surface area contributed by atoms with Crippen molar-refractivity contribution in [3.05, 3.63) is 70.9 Å². The number of fused-ring (bicyclic) bond motifs is 1. The molecular weight excluding hydrogens is 349 g/mol. The molecule has 26 heavy (non-hydrogen) atoms. The summed E-state index contributed by atoms with van der Waals surface area (Å²) >= 11 is 0. The van der Waals surface area contributed by atoms with E-state index in [1.165, 1.54) is 24.5 Å². The lowest BCUT2D eigenvalue weighted by atomic mass is 10.1. The van der Waals surface area contributed by atoms with E-state index in [9.17, 15) is 22.8 Å². The highest BCUT2D eigenvalue weighted by Gasteiger charge is 2.42. The van der Waals surface area contributed by atoms with Crippen molar-refractivity contribution in [2.75, 3.05) is 0 Å². The zero-order chi connectivity index (χ0) is 18.7. The number of pyridine rings is 1. The quantitative estimate of drug-likeness (QED) is 0.772. The molecule has 3 aromatic rings. The number of amides is 1. The summed E-state index contributed by atoms with van der Waals surface area (Å²) in [6, 6.07) is 6.94. The predicted molar refractivity (Wildman–Crippen MR) is 87.2 cm³/mol. The lowest BCUT2D eigenvalue weighted by molar-refractivity contribution is -0.163. The number of nitrogens with one attached hydrogen (secondary N) is 1. The average molecular weight is 362 g/mol. The van der Waals surface area contributed by atoms with Crippen LogP contribution in [0.5, 0.6) is 0 Å². The van der Waals surface area contributed by atoms with Crippen LogP contribution < -0.4 is 10.9 Å². The Hall–Kier alpha value is -3.23. The number of aromatic nitrogens is 3. The smallest absolute Gasteiger partial charge is 0.339 e. The Morgan fingerprint density at radius 2 is 1.92 bits per heavy atom. The summed E-state index contributed by atoms with van der Waals surface area (Å²) in [6.07, 6.45) is -0.969. The van der Waals surface area contributed by atoms with E-state index in [-0.39, 0.29) is 5.56 Å². The first-order valence-electron chi connectivity index (χ1n) is 7.57. The van der Waals surface area contributed by atoms with E-state index in [1.807, 2.05) is 5.32 Å². The van der Waals surface area contributed by atoms with Crippen molar-refractivity contribution in [3.8, 4) is 0 Å². The number of rotatable bonds is 4. The Bertz CT molecular complexity index is 986. The summed E-state index contributed by atoms with van der Waals surface area (Å²) < 4.78 is 40.6. The van der Waals surface area contributed by atoms with Gasteiger partial charge in [-0.3, -0.25) is 14.6 Å². The van der Waals surface area contributed by atoms with Crippen molar-refractivity contribution in [3.63, 3.8) is 0 Å². The van der Waals surface area contributed by atoms with Crippen molar-refractivity contribution in [1.29, 1.82) is 0 Å². The summed E-state index contributed by atoms with van der Waals surface area (Å²) in [6.45, 7) is -0.628. The summed E-state index contributed by atoms with van der Waals surface area (Å²) in [7, 11) is 0. The molecule has 1 atom stereocenters. The maximum absolute atomic E-state index is 13.3. The summed E-state index contributed by atoms with van der Waals surface area (Å²) in [5.41, 5.74) is -0.754. The molecule has 1 unspecified atom stereocenters. The molecule has 0 spiro atoms. The average Bonchev–Trinajstić information content (AvgIpc) is 2.62. The Morgan fingerprint density at radius 1 is 1.15 bits per heavy atom. The maximum Gasteiger partial charge on any atom is 0.412 e. The van der Waals surface area contributed by atoms with Crippen LogP contribution in [0.2, 0.25) is 0 Å². The molecule has 0 aliphatic carbocycles. The maximum atomic E-state index is 13.3. The second-order valence-electron chi connectivity index (χ2n) is 5.52. The number of halogens is 3. The molecule has 0 saturated heterocycles. The fourth-order valence-electron chi connectivity index (χ4n) is 2.48. The fourth-order valence-corrected chi connectivity index (χ4v) is 2.48. The molecule has 2 heterocycles. The third kappa shape index (κ3) is 3.71. The molecule has 3 rings (SSSR count). The minimum absolute atomic E-state index is 0.202. The highest BCUT2D eigenvalue weighted by Crippen LogP contribution is 2.32. The molecule has 2 aromatic heterocycles. The molecule has 0 radical (unpaired) electrons. The number of benzene rings is 1. The van der Waals surface area contributed by atoms with Gasteiger partial charge in [-0.15, -0.1) is 0 Å². The topological polar surface area (TPSA) is 76.9 Å². The second-order valence-corrected chi connectivity index (χ2v) is 5.52. The fraction of sp³-hybridized carbons (Fsp3) is 0.176. The van der Waals surface area contributed by atoms with Gasteiger partial charge in [0, 0.05) is 23.3 Å². The van der Waals surface area contributed by atoms with Crippen LogP contribution in [0, 0.1) is 0 Å². The monoisotopic (exact) mass is 362 g/mol. The van der Waals surface area contributed by atoms with E-state index in [1.54, 1.807) is 24.3 Å². The molecule has 0 aliphatic heterocycles. The standard InChI is InChI=1S/C17H13F3N4O2/c18-17(19,20)15(12-5-3-7-21-8-12)23-14(25)10-24-16(26)13-6-2-1-4-11(13)9-22-24/h1-9,15H,10H2,(H,23,25). The van der Waals surface area contributed by atoms with E-state index in [4.69, 9.17) is 0 Å².